The zero-order valence-corrected chi connectivity index (χ0v) is 12.0. The molecular formula is C17H19N3O. The first-order chi connectivity index (χ1) is 10.2. The van der Waals surface area contributed by atoms with E-state index < -0.39 is 0 Å². The summed E-state index contributed by atoms with van der Waals surface area (Å²) in [6.45, 7) is 2.76. The Hall–Kier alpha value is -2.49. The first-order valence-corrected chi connectivity index (χ1v) is 7.12. The third kappa shape index (κ3) is 2.13. The Kier molecular flexibility index (Phi) is 3.29. The van der Waals surface area contributed by atoms with Gasteiger partial charge in [-0.05, 0) is 36.2 Å². The lowest BCUT2D eigenvalue weighted by Gasteiger charge is -2.39. The maximum absolute atomic E-state index is 9.52. The van der Waals surface area contributed by atoms with Gasteiger partial charge in [0.15, 0.2) is 5.96 Å². The minimum atomic E-state index is -0.293. The van der Waals surface area contributed by atoms with Crippen LogP contribution < -0.4 is 10.6 Å². The van der Waals surface area contributed by atoms with Crippen molar-refractivity contribution in [3.05, 3.63) is 60.2 Å². The summed E-state index contributed by atoms with van der Waals surface area (Å²) in [5.74, 6) is 0.805. The van der Waals surface area contributed by atoms with Crippen LogP contribution in [0.1, 0.15) is 18.9 Å². The van der Waals surface area contributed by atoms with Gasteiger partial charge >= 0.3 is 0 Å². The van der Waals surface area contributed by atoms with Gasteiger partial charge in [0.2, 0.25) is 0 Å². The number of nitrogens with zero attached hydrogens (tertiary/aromatic N) is 2. The molecule has 0 bridgehead atoms. The molecule has 0 spiro atoms. The molecule has 3 N–H and O–H groups in total. The highest BCUT2D eigenvalue weighted by molar-refractivity contribution is 5.98. The average Bonchev–Trinajstić information content (AvgIpc) is 2.87. The first kappa shape index (κ1) is 13.5. The third-order valence-corrected chi connectivity index (χ3v) is 4.16. The fourth-order valence-corrected chi connectivity index (χ4v) is 3.00. The number of guanidine groups is 1. The molecule has 108 valence electrons. The summed E-state index contributed by atoms with van der Waals surface area (Å²) in [5.41, 5.74) is 8.00. The van der Waals surface area contributed by atoms with E-state index in [1.807, 2.05) is 42.5 Å². The summed E-state index contributed by atoms with van der Waals surface area (Å²) < 4.78 is 0. The summed E-state index contributed by atoms with van der Waals surface area (Å²) in [6.07, 6.45) is 0.872. The molecule has 4 heteroatoms. The monoisotopic (exact) mass is 281 g/mol. The van der Waals surface area contributed by atoms with E-state index in [4.69, 9.17) is 5.73 Å². The van der Waals surface area contributed by atoms with Gasteiger partial charge in [0, 0.05) is 5.69 Å². The van der Waals surface area contributed by atoms with Gasteiger partial charge in [0.25, 0.3) is 0 Å². The second-order valence-electron chi connectivity index (χ2n) is 5.28. The van der Waals surface area contributed by atoms with E-state index in [-0.39, 0.29) is 11.3 Å². The van der Waals surface area contributed by atoms with Crippen LogP contribution in [0, 0.1) is 0 Å². The quantitative estimate of drug-likeness (QED) is 0.909. The van der Waals surface area contributed by atoms with Crippen molar-refractivity contribution >= 4 is 11.6 Å². The van der Waals surface area contributed by atoms with Gasteiger partial charge < -0.3 is 15.7 Å². The van der Waals surface area contributed by atoms with Gasteiger partial charge in [-0.1, -0.05) is 37.3 Å². The molecule has 0 saturated carbocycles. The lowest BCUT2D eigenvalue weighted by Crippen LogP contribution is -2.49. The van der Waals surface area contributed by atoms with Gasteiger partial charge in [-0.15, -0.1) is 0 Å². The number of para-hydroxylation sites is 1. The molecule has 0 radical (unpaired) electrons. The maximum Gasteiger partial charge on any atom is 0.196 e. The maximum atomic E-state index is 9.52. The minimum absolute atomic E-state index is 0.267. The van der Waals surface area contributed by atoms with Gasteiger partial charge in [0.05, 0.1) is 12.1 Å². The molecule has 2 aromatic carbocycles. The Morgan fingerprint density at radius 1 is 1.14 bits per heavy atom. The standard InChI is InChI=1S/C17H19N3O/c1-2-17(13-8-10-15(21)11-9-13)12-19-16(18)20(17)14-6-4-3-5-7-14/h3-11,21H,2,12H2,1H3,(H2,18,19). The molecule has 0 aromatic heterocycles. The van der Waals surface area contributed by atoms with E-state index in [0.29, 0.717) is 12.5 Å². The number of aliphatic imine (C=N–C) groups is 1. The Bertz CT molecular complexity index is 651. The van der Waals surface area contributed by atoms with Crippen LogP contribution in [0.2, 0.25) is 0 Å². The molecule has 0 saturated heterocycles. The van der Waals surface area contributed by atoms with Gasteiger partial charge in [-0.25, -0.2) is 0 Å². The lowest BCUT2D eigenvalue weighted by molar-refractivity contribution is 0.455. The Labute approximate surface area is 124 Å². The molecule has 1 aliphatic rings. The molecule has 0 aliphatic carbocycles. The number of hydrogen-bond donors (Lipinski definition) is 2. The van der Waals surface area contributed by atoms with Crippen molar-refractivity contribution in [3.63, 3.8) is 0 Å². The highest BCUT2D eigenvalue weighted by Crippen LogP contribution is 2.39. The van der Waals surface area contributed by atoms with Crippen LogP contribution in [-0.4, -0.2) is 17.6 Å². The smallest absolute Gasteiger partial charge is 0.196 e. The van der Waals surface area contributed by atoms with Crippen LogP contribution >= 0.6 is 0 Å². The lowest BCUT2D eigenvalue weighted by atomic mass is 9.86. The molecule has 1 heterocycles. The normalized spacial score (nSPS) is 21.4. The first-order valence-electron chi connectivity index (χ1n) is 7.12. The van der Waals surface area contributed by atoms with Crippen LogP contribution in [0.15, 0.2) is 59.6 Å². The van der Waals surface area contributed by atoms with Crippen LogP contribution in [-0.2, 0) is 5.54 Å². The second kappa shape index (κ2) is 5.13. The molecule has 21 heavy (non-hydrogen) atoms. The predicted molar refractivity (Wildman–Crippen MR) is 85.5 cm³/mol. The highest BCUT2D eigenvalue weighted by Gasteiger charge is 2.43. The van der Waals surface area contributed by atoms with Crippen molar-refractivity contribution in [2.75, 3.05) is 11.4 Å². The number of phenolic OH excluding ortho intramolecular Hbond substituents is 1. The van der Waals surface area contributed by atoms with Crippen LogP contribution in [0.4, 0.5) is 5.69 Å². The van der Waals surface area contributed by atoms with Crippen LogP contribution in [0.3, 0.4) is 0 Å². The van der Waals surface area contributed by atoms with Crippen molar-refractivity contribution in [1.29, 1.82) is 0 Å². The molecule has 0 amide bonds. The highest BCUT2D eigenvalue weighted by atomic mass is 16.3. The SMILES string of the molecule is CCC1(c2ccc(O)cc2)CN=C(N)N1c1ccccc1. The van der Waals surface area contributed by atoms with Crippen molar-refractivity contribution in [2.45, 2.75) is 18.9 Å². The van der Waals surface area contributed by atoms with Crippen molar-refractivity contribution < 1.29 is 5.11 Å². The molecular weight excluding hydrogens is 262 g/mol. The molecule has 1 atom stereocenters. The fourth-order valence-electron chi connectivity index (χ4n) is 3.00. The second-order valence-corrected chi connectivity index (χ2v) is 5.28. The zero-order chi connectivity index (χ0) is 14.9. The fraction of sp³-hybridized carbons (Fsp3) is 0.235. The van der Waals surface area contributed by atoms with Gasteiger partial charge in [-0.2, -0.15) is 0 Å². The van der Waals surface area contributed by atoms with Crippen molar-refractivity contribution in [2.24, 2.45) is 10.7 Å². The van der Waals surface area contributed by atoms with Gasteiger partial charge in [0.1, 0.15) is 5.75 Å². The molecule has 4 nitrogen and oxygen atoms in total. The summed E-state index contributed by atoms with van der Waals surface area (Å²) in [4.78, 5) is 6.57. The molecule has 3 rings (SSSR count). The van der Waals surface area contributed by atoms with Crippen LogP contribution in [0.5, 0.6) is 5.75 Å². The molecule has 1 unspecified atom stereocenters. The third-order valence-electron chi connectivity index (χ3n) is 4.16. The van der Waals surface area contributed by atoms with Crippen LogP contribution in [0.25, 0.3) is 0 Å². The Morgan fingerprint density at radius 3 is 2.43 bits per heavy atom. The molecule has 1 aliphatic heterocycles. The summed E-state index contributed by atoms with van der Waals surface area (Å²) in [6, 6.07) is 17.4. The zero-order valence-electron chi connectivity index (χ0n) is 12.0. The van der Waals surface area contributed by atoms with E-state index in [9.17, 15) is 5.11 Å². The van der Waals surface area contributed by atoms with E-state index in [0.717, 1.165) is 17.7 Å². The number of aromatic hydroxyl groups is 1. The van der Waals surface area contributed by atoms with Gasteiger partial charge in [-0.3, -0.25) is 4.99 Å². The Balaban J connectivity index is 2.11. The number of phenols is 1. The number of nitrogens with two attached hydrogens (primary N) is 1. The van der Waals surface area contributed by atoms with E-state index in [2.05, 4.69) is 16.8 Å². The molecule has 2 aromatic rings. The van der Waals surface area contributed by atoms with E-state index in [1.54, 1.807) is 12.1 Å². The number of anilines is 1. The average molecular weight is 281 g/mol. The number of rotatable bonds is 3. The minimum Gasteiger partial charge on any atom is -0.508 e. The largest absolute Gasteiger partial charge is 0.508 e. The summed E-state index contributed by atoms with van der Waals surface area (Å²) >= 11 is 0. The van der Waals surface area contributed by atoms with Crippen molar-refractivity contribution in [3.8, 4) is 5.75 Å². The van der Waals surface area contributed by atoms with E-state index in [1.165, 1.54) is 0 Å². The summed E-state index contributed by atoms with van der Waals surface area (Å²) in [5, 5.41) is 9.52. The van der Waals surface area contributed by atoms with E-state index >= 15 is 0 Å². The topological polar surface area (TPSA) is 61.9 Å². The number of benzene rings is 2. The molecule has 0 fully saturated rings. The number of hydrogen-bond acceptors (Lipinski definition) is 4. The Morgan fingerprint density at radius 2 is 1.81 bits per heavy atom. The summed E-state index contributed by atoms with van der Waals surface area (Å²) in [7, 11) is 0. The predicted octanol–water partition coefficient (Wildman–Crippen LogP) is 2.83. The van der Waals surface area contributed by atoms with Crippen molar-refractivity contribution in [1.82, 2.24) is 0 Å².